The molecule has 0 aliphatic carbocycles. The molecule has 1 aromatic carbocycles. The van der Waals surface area contributed by atoms with Crippen molar-refractivity contribution in [2.75, 3.05) is 7.11 Å². The molecule has 0 aliphatic rings. The molecule has 2 aromatic heterocycles. The molecule has 0 amide bonds. The van der Waals surface area contributed by atoms with Crippen LogP contribution in [0.2, 0.25) is 0 Å². The Kier molecular flexibility index (Phi) is 2.64. The van der Waals surface area contributed by atoms with Gasteiger partial charge in [0.2, 0.25) is 0 Å². The van der Waals surface area contributed by atoms with Crippen molar-refractivity contribution in [2.45, 2.75) is 13.1 Å². The van der Waals surface area contributed by atoms with Gasteiger partial charge in [0, 0.05) is 22.5 Å². The van der Waals surface area contributed by atoms with Crippen LogP contribution in [-0.4, -0.2) is 17.1 Å². The highest BCUT2D eigenvalue weighted by molar-refractivity contribution is 6.07. The molecule has 0 atom stereocenters. The highest BCUT2D eigenvalue weighted by atomic mass is 19.4. The molecule has 0 aliphatic heterocycles. The standard InChI is InChI=1S/C14H11F3N2O/c1-7-3-8-9-4-10(14(15,16)17)13(20-2)5-11(9)19-12(8)6-18-7/h3-6,19H,1-2H3. The molecular weight excluding hydrogens is 269 g/mol. The van der Waals surface area contributed by atoms with E-state index in [-0.39, 0.29) is 5.75 Å². The van der Waals surface area contributed by atoms with Gasteiger partial charge in [0.05, 0.1) is 29.9 Å². The Morgan fingerprint density at radius 3 is 2.45 bits per heavy atom. The van der Waals surface area contributed by atoms with Crippen LogP contribution in [0.3, 0.4) is 0 Å². The minimum Gasteiger partial charge on any atom is -0.496 e. The van der Waals surface area contributed by atoms with Crippen LogP contribution in [0.15, 0.2) is 24.4 Å². The van der Waals surface area contributed by atoms with Gasteiger partial charge < -0.3 is 9.72 Å². The molecule has 20 heavy (non-hydrogen) atoms. The molecule has 0 saturated carbocycles. The number of fused-ring (bicyclic) bond motifs is 3. The van der Waals surface area contributed by atoms with Crippen molar-refractivity contribution >= 4 is 21.8 Å². The smallest absolute Gasteiger partial charge is 0.419 e. The van der Waals surface area contributed by atoms with E-state index >= 15 is 0 Å². The van der Waals surface area contributed by atoms with Gasteiger partial charge in [-0.3, -0.25) is 4.98 Å². The number of methoxy groups -OCH3 is 1. The Morgan fingerprint density at radius 1 is 1.10 bits per heavy atom. The van der Waals surface area contributed by atoms with E-state index in [1.54, 1.807) is 19.2 Å². The van der Waals surface area contributed by atoms with Gasteiger partial charge >= 0.3 is 6.18 Å². The summed E-state index contributed by atoms with van der Waals surface area (Å²) in [6, 6.07) is 4.25. The maximum atomic E-state index is 13.0. The van der Waals surface area contributed by atoms with E-state index in [4.69, 9.17) is 4.74 Å². The van der Waals surface area contributed by atoms with Gasteiger partial charge in [-0.25, -0.2) is 0 Å². The first kappa shape index (κ1) is 12.8. The molecule has 0 spiro atoms. The topological polar surface area (TPSA) is 37.9 Å². The molecule has 6 heteroatoms. The summed E-state index contributed by atoms with van der Waals surface area (Å²) in [5.41, 5.74) is 1.27. The number of alkyl halides is 3. The molecule has 0 saturated heterocycles. The van der Waals surface area contributed by atoms with Gasteiger partial charge in [-0.2, -0.15) is 13.2 Å². The monoisotopic (exact) mass is 280 g/mol. The third-order valence-electron chi connectivity index (χ3n) is 3.25. The second kappa shape index (κ2) is 4.13. The van der Waals surface area contributed by atoms with Crippen LogP contribution in [0.4, 0.5) is 13.2 Å². The summed E-state index contributed by atoms with van der Waals surface area (Å²) in [5.74, 6) is -0.193. The predicted octanol–water partition coefficient (Wildman–Crippen LogP) is 4.05. The highest BCUT2D eigenvalue weighted by Crippen LogP contribution is 2.40. The number of nitrogens with zero attached hydrogens (tertiary/aromatic N) is 1. The molecule has 1 N–H and O–H groups in total. The Balaban J connectivity index is 2.41. The summed E-state index contributed by atoms with van der Waals surface area (Å²) < 4.78 is 44.0. The van der Waals surface area contributed by atoms with Gasteiger partial charge in [0.25, 0.3) is 0 Å². The summed E-state index contributed by atoms with van der Waals surface area (Å²) in [6.45, 7) is 1.80. The number of halogens is 3. The Labute approximate surface area is 112 Å². The lowest BCUT2D eigenvalue weighted by molar-refractivity contribution is -0.138. The molecule has 0 bridgehead atoms. The average Bonchev–Trinajstić information content (AvgIpc) is 2.73. The lowest BCUT2D eigenvalue weighted by atomic mass is 10.1. The first-order chi connectivity index (χ1) is 9.40. The van der Waals surface area contributed by atoms with Crippen LogP contribution < -0.4 is 4.74 Å². The van der Waals surface area contributed by atoms with Crippen LogP contribution in [0.1, 0.15) is 11.3 Å². The maximum absolute atomic E-state index is 13.0. The van der Waals surface area contributed by atoms with Crippen molar-refractivity contribution in [1.82, 2.24) is 9.97 Å². The zero-order valence-corrected chi connectivity index (χ0v) is 10.8. The molecule has 104 valence electrons. The first-order valence-electron chi connectivity index (χ1n) is 5.93. The molecule has 0 radical (unpaired) electrons. The van der Waals surface area contributed by atoms with Crippen molar-refractivity contribution in [1.29, 1.82) is 0 Å². The zero-order chi connectivity index (χ0) is 14.5. The summed E-state index contributed by atoms with van der Waals surface area (Å²) >= 11 is 0. The Bertz CT molecular complexity index is 805. The fourth-order valence-electron chi connectivity index (χ4n) is 2.32. The number of pyridine rings is 1. The number of hydrogen-bond acceptors (Lipinski definition) is 2. The molecule has 3 rings (SSSR count). The van der Waals surface area contributed by atoms with E-state index in [0.29, 0.717) is 16.4 Å². The van der Waals surface area contributed by atoms with Gasteiger partial charge in [0.1, 0.15) is 5.75 Å². The van der Waals surface area contributed by atoms with E-state index in [9.17, 15) is 13.2 Å². The second-order valence-corrected chi connectivity index (χ2v) is 4.59. The maximum Gasteiger partial charge on any atom is 0.419 e. The van der Waals surface area contributed by atoms with Crippen molar-refractivity contribution in [3.8, 4) is 5.75 Å². The van der Waals surface area contributed by atoms with Gasteiger partial charge in [-0.15, -0.1) is 0 Å². The van der Waals surface area contributed by atoms with Gasteiger partial charge in [-0.05, 0) is 19.1 Å². The summed E-state index contributed by atoms with van der Waals surface area (Å²) in [4.78, 5) is 7.18. The van der Waals surface area contributed by atoms with Crippen LogP contribution in [-0.2, 0) is 6.18 Å². The highest BCUT2D eigenvalue weighted by Gasteiger charge is 2.35. The van der Waals surface area contributed by atoms with Gasteiger partial charge in [0.15, 0.2) is 0 Å². The summed E-state index contributed by atoms with van der Waals surface area (Å²) in [5, 5.41) is 1.24. The third-order valence-corrected chi connectivity index (χ3v) is 3.25. The molecule has 2 heterocycles. The minimum atomic E-state index is -4.45. The first-order valence-corrected chi connectivity index (χ1v) is 5.93. The quantitative estimate of drug-likeness (QED) is 0.730. The fraction of sp³-hybridized carbons (Fsp3) is 0.214. The normalized spacial score (nSPS) is 12.2. The molecule has 0 fully saturated rings. The van der Waals surface area contributed by atoms with E-state index < -0.39 is 11.7 Å². The lowest BCUT2D eigenvalue weighted by Crippen LogP contribution is -2.07. The second-order valence-electron chi connectivity index (χ2n) is 4.59. The lowest BCUT2D eigenvalue weighted by Gasteiger charge is -2.11. The fourth-order valence-corrected chi connectivity index (χ4v) is 2.32. The van der Waals surface area contributed by atoms with Crippen LogP contribution in [0.25, 0.3) is 21.8 Å². The van der Waals surface area contributed by atoms with E-state index in [1.165, 1.54) is 13.2 Å². The predicted molar refractivity (Wildman–Crippen MR) is 69.9 cm³/mol. The SMILES string of the molecule is COc1cc2[nH]c3cnc(C)cc3c2cc1C(F)(F)F. The number of rotatable bonds is 1. The third kappa shape index (κ3) is 1.88. The van der Waals surface area contributed by atoms with Crippen LogP contribution in [0, 0.1) is 6.92 Å². The largest absolute Gasteiger partial charge is 0.496 e. The van der Waals surface area contributed by atoms with Crippen LogP contribution >= 0.6 is 0 Å². The molecule has 3 nitrogen and oxygen atoms in total. The van der Waals surface area contributed by atoms with Crippen molar-refractivity contribution in [3.63, 3.8) is 0 Å². The number of benzene rings is 1. The molecule has 0 unspecified atom stereocenters. The zero-order valence-electron chi connectivity index (χ0n) is 10.8. The Morgan fingerprint density at radius 2 is 1.80 bits per heavy atom. The van der Waals surface area contributed by atoms with Crippen molar-refractivity contribution in [3.05, 3.63) is 35.7 Å². The minimum absolute atomic E-state index is 0.193. The number of ether oxygens (including phenoxy) is 1. The van der Waals surface area contributed by atoms with Gasteiger partial charge in [-0.1, -0.05) is 0 Å². The summed E-state index contributed by atoms with van der Waals surface area (Å²) in [6.07, 6.45) is -2.84. The summed E-state index contributed by atoms with van der Waals surface area (Å²) in [7, 11) is 1.23. The van der Waals surface area contributed by atoms with E-state index in [1.807, 2.05) is 0 Å². The molecular formula is C14H11F3N2O. The van der Waals surface area contributed by atoms with E-state index in [2.05, 4.69) is 9.97 Å². The Hall–Kier alpha value is -2.24. The van der Waals surface area contributed by atoms with Crippen molar-refractivity contribution < 1.29 is 17.9 Å². The number of aryl methyl sites for hydroxylation is 1. The number of H-pyrrole nitrogens is 1. The molecule has 3 aromatic rings. The van der Waals surface area contributed by atoms with Crippen molar-refractivity contribution in [2.24, 2.45) is 0 Å². The van der Waals surface area contributed by atoms with Crippen LogP contribution in [0.5, 0.6) is 5.75 Å². The average molecular weight is 280 g/mol. The number of aromatic amines is 1. The number of nitrogens with one attached hydrogen (secondary N) is 1. The number of aromatic nitrogens is 2. The number of hydrogen-bond donors (Lipinski definition) is 1. The van der Waals surface area contributed by atoms with E-state index in [0.717, 1.165) is 17.1 Å².